The average Bonchev–Trinajstić information content (AvgIpc) is 2.48. The lowest BCUT2D eigenvalue weighted by molar-refractivity contribution is -0.121. The van der Waals surface area contributed by atoms with Crippen molar-refractivity contribution in [2.75, 3.05) is 32.4 Å². The van der Waals surface area contributed by atoms with Gasteiger partial charge in [0, 0.05) is 25.1 Å². The van der Waals surface area contributed by atoms with Gasteiger partial charge in [0.05, 0.1) is 13.1 Å². The van der Waals surface area contributed by atoms with Crippen molar-refractivity contribution >= 4 is 23.6 Å². The van der Waals surface area contributed by atoms with Crippen LogP contribution in [0.3, 0.4) is 0 Å². The van der Waals surface area contributed by atoms with Crippen LogP contribution in [0.2, 0.25) is 0 Å². The average molecular weight is 309 g/mol. The van der Waals surface area contributed by atoms with Crippen molar-refractivity contribution < 1.29 is 9.59 Å². The van der Waals surface area contributed by atoms with Crippen LogP contribution in [0, 0.1) is 6.92 Å². The summed E-state index contributed by atoms with van der Waals surface area (Å²) in [4.78, 5) is 22.4. The molecule has 0 aliphatic rings. The molecule has 1 aromatic carbocycles. The van der Waals surface area contributed by atoms with Gasteiger partial charge in [-0.05, 0) is 12.5 Å². The van der Waals surface area contributed by atoms with E-state index in [0.29, 0.717) is 6.54 Å². The standard InChI is InChI=1S/C15H23N3O2S/c1-12-3-5-13(6-4-12)11-21-8-7-18-15(20)10-17-9-14(19)16-2/h3-6,17H,7-11H2,1-2H3,(H,16,19)(H,18,20). The van der Waals surface area contributed by atoms with Crippen LogP contribution in [0.5, 0.6) is 0 Å². The van der Waals surface area contributed by atoms with E-state index in [-0.39, 0.29) is 24.9 Å². The fraction of sp³-hybridized carbons (Fsp3) is 0.467. The molecule has 0 aromatic heterocycles. The van der Waals surface area contributed by atoms with E-state index >= 15 is 0 Å². The molecule has 21 heavy (non-hydrogen) atoms. The van der Waals surface area contributed by atoms with Crippen LogP contribution in [-0.2, 0) is 15.3 Å². The molecule has 1 rings (SSSR count). The predicted molar refractivity (Wildman–Crippen MR) is 87.3 cm³/mol. The smallest absolute Gasteiger partial charge is 0.233 e. The lowest BCUT2D eigenvalue weighted by Gasteiger charge is -2.06. The van der Waals surface area contributed by atoms with Crippen LogP contribution < -0.4 is 16.0 Å². The zero-order chi connectivity index (χ0) is 15.5. The number of rotatable bonds is 9. The Bertz CT molecular complexity index is 449. The molecule has 116 valence electrons. The molecule has 0 atom stereocenters. The molecule has 0 heterocycles. The molecule has 6 heteroatoms. The summed E-state index contributed by atoms with van der Waals surface area (Å²) in [5, 5.41) is 8.07. The van der Waals surface area contributed by atoms with Gasteiger partial charge in [-0.2, -0.15) is 11.8 Å². The number of thioether (sulfide) groups is 1. The predicted octanol–water partition coefficient (Wildman–Crippen LogP) is 0.680. The van der Waals surface area contributed by atoms with E-state index in [1.807, 2.05) is 0 Å². The third kappa shape index (κ3) is 8.37. The van der Waals surface area contributed by atoms with Gasteiger partial charge in [-0.3, -0.25) is 14.9 Å². The first kappa shape index (κ1) is 17.5. The van der Waals surface area contributed by atoms with E-state index in [4.69, 9.17) is 0 Å². The minimum atomic E-state index is -0.128. The Balaban J connectivity index is 2.02. The number of carbonyl (C=O) groups is 2. The Hall–Kier alpha value is -1.53. The van der Waals surface area contributed by atoms with Crippen LogP contribution in [0.4, 0.5) is 0 Å². The van der Waals surface area contributed by atoms with Gasteiger partial charge >= 0.3 is 0 Å². The van der Waals surface area contributed by atoms with Gasteiger partial charge in [0.15, 0.2) is 0 Å². The molecule has 5 nitrogen and oxygen atoms in total. The highest BCUT2D eigenvalue weighted by Gasteiger charge is 2.02. The minimum absolute atomic E-state index is 0.0881. The van der Waals surface area contributed by atoms with E-state index in [0.717, 1.165) is 11.5 Å². The van der Waals surface area contributed by atoms with E-state index in [1.165, 1.54) is 11.1 Å². The highest BCUT2D eigenvalue weighted by molar-refractivity contribution is 7.98. The summed E-state index contributed by atoms with van der Waals surface area (Å²) in [6.07, 6.45) is 0. The number of amides is 2. The molecular weight excluding hydrogens is 286 g/mol. The summed E-state index contributed by atoms with van der Waals surface area (Å²) in [6, 6.07) is 8.47. The maximum Gasteiger partial charge on any atom is 0.233 e. The molecule has 0 saturated heterocycles. The maximum atomic E-state index is 11.5. The number of carbonyl (C=O) groups excluding carboxylic acids is 2. The second kappa shape index (κ2) is 10.2. The zero-order valence-corrected chi connectivity index (χ0v) is 13.4. The second-order valence-corrected chi connectivity index (χ2v) is 5.77. The Morgan fingerprint density at radius 1 is 1.10 bits per heavy atom. The van der Waals surface area contributed by atoms with Crippen molar-refractivity contribution in [3.05, 3.63) is 35.4 Å². The van der Waals surface area contributed by atoms with Crippen LogP contribution >= 0.6 is 11.8 Å². The van der Waals surface area contributed by atoms with Crippen molar-refractivity contribution in [1.82, 2.24) is 16.0 Å². The van der Waals surface area contributed by atoms with Gasteiger partial charge in [0.2, 0.25) is 11.8 Å². The number of hydrogen-bond donors (Lipinski definition) is 3. The molecule has 3 N–H and O–H groups in total. The maximum absolute atomic E-state index is 11.5. The molecule has 0 bridgehead atoms. The van der Waals surface area contributed by atoms with Crippen molar-refractivity contribution in [3.8, 4) is 0 Å². The summed E-state index contributed by atoms with van der Waals surface area (Å²) in [5.41, 5.74) is 2.56. The van der Waals surface area contributed by atoms with E-state index < -0.39 is 0 Å². The van der Waals surface area contributed by atoms with E-state index in [2.05, 4.69) is 47.1 Å². The van der Waals surface area contributed by atoms with Gasteiger partial charge in [0.25, 0.3) is 0 Å². The van der Waals surface area contributed by atoms with Crippen LogP contribution in [-0.4, -0.2) is 44.2 Å². The number of likely N-dealkylation sites (N-methyl/N-ethyl adjacent to an activating group) is 1. The van der Waals surface area contributed by atoms with E-state index in [1.54, 1.807) is 18.8 Å². The monoisotopic (exact) mass is 309 g/mol. The third-order valence-corrected chi connectivity index (χ3v) is 3.84. The fourth-order valence-corrected chi connectivity index (χ4v) is 2.40. The SMILES string of the molecule is CNC(=O)CNCC(=O)NCCSCc1ccc(C)cc1. The van der Waals surface area contributed by atoms with E-state index in [9.17, 15) is 9.59 Å². The molecule has 0 spiro atoms. The van der Waals surface area contributed by atoms with Crippen molar-refractivity contribution in [2.24, 2.45) is 0 Å². The van der Waals surface area contributed by atoms with Gasteiger partial charge in [-0.25, -0.2) is 0 Å². The summed E-state index contributed by atoms with van der Waals surface area (Å²) >= 11 is 1.79. The fourth-order valence-electron chi connectivity index (χ4n) is 1.58. The largest absolute Gasteiger partial charge is 0.358 e. The first-order valence-electron chi connectivity index (χ1n) is 6.93. The topological polar surface area (TPSA) is 70.2 Å². The Kier molecular flexibility index (Phi) is 8.54. The van der Waals surface area contributed by atoms with Crippen LogP contribution in [0.25, 0.3) is 0 Å². The lowest BCUT2D eigenvalue weighted by atomic mass is 10.2. The number of hydrogen-bond acceptors (Lipinski definition) is 4. The molecule has 2 amide bonds. The molecule has 0 aliphatic heterocycles. The minimum Gasteiger partial charge on any atom is -0.358 e. The molecule has 0 fully saturated rings. The number of benzene rings is 1. The zero-order valence-electron chi connectivity index (χ0n) is 12.6. The van der Waals surface area contributed by atoms with Crippen molar-refractivity contribution in [2.45, 2.75) is 12.7 Å². The molecular formula is C15H23N3O2S. The van der Waals surface area contributed by atoms with Gasteiger partial charge < -0.3 is 10.6 Å². The first-order valence-corrected chi connectivity index (χ1v) is 8.08. The lowest BCUT2D eigenvalue weighted by Crippen LogP contribution is -2.39. The third-order valence-electron chi connectivity index (χ3n) is 2.81. The van der Waals surface area contributed by atoms with Crippen molar-refractivity contribution in [1.29, 1.82) is 0 Å². The van der Waals surface area contributed by atoms with Crippen LogP contribution in [0.1, 0.15) is 11.1 Å². The molecule has 0 radical (unpaired) electrons. The van der Waals surface area contributed by atoms with Crippen LogP contribution in [0.15, 0.2) is 24.3 Å². The summed E-state index contributed by atoms with van der Waals surface area (Å²) < 4.78 is 0. The molecule has 1 aromatic rings. The second-order valence-electron chi connectivity index (χ2n) is 4.66. The Morgan fingerprint density at radius 3 is 2.43 bits per heavy atom. The number of nitrogens with one attached hydrogen (secondary N) is 3. The first-order chi connectivity index (χ1) is 10.1. The highest BCUT2D eigenvalue weighted by Crippen LogP contribution is 2.12. The number of aryl methyl sites for hydroxylation is 1. The highest BCUT2D eigenvalue weighted by atomic mass is 32.2. The summed E-state index contributed by atoms with van der Waals surface area (Å²) in [6.45, 7) is 3.03. The molecule has 0 unspecified atom stereocenters. The summed E-state index contributed by atoms with van der Waals surface area (Å²) in [5.74, 6) is 1.60. The molecule has 0 aliphatic carbocycles. The molecule has 0 saturated carbocycles. The van der Waals surface area contributed by atoms with Gasteiger partial charge in [-0.15, -0.1) is 0 Å². The quantitative estimate of drug-likeness (QED) is 0.587. The Labute approximate surface area is 130 Å². The Morgan fingerprint density at radius 2 is 1.76 bits per heavy atom. The summed E-state index contributed by atoms with van der Waals surface area (Å²) in [7, 11) is 1.56. The van der Waals surface area contributed by atoms with Gasteiger partial charge in [0.1, 0.15) is 0 Å². The normalized spacial score (nSPS) is 10.2. The van der Waals surface area contributed by atoms with Crippen molar-refractivity contribution in [3.63, 3.8) is 0 Å². The van der Waals surface area contributed by atoms with Gasteiger partial charge in [-0.1, -0.05) is 29.8 Å².